The molecule has 64 valence electrons. The lowest BCUT2D eigenvalue weighted by Gasteiger charge is -2.10. The first kappa shape index (κ1) is 7.58. The summed E-state index contributed by atoms with van der Waals surface area (Å²) in [4.78, 5) is 0. The van der Waals surface area contributed by atoms with Crippen LogP contribution in [0.5, 0.6) is 0 Å². The number of hydrogen-bond donors (Lipinski definition) is 1. The van der Waals surface area contributed by atoms with Crippen LogP contribution in [-0.4, -0.2) is 16.8 Å². The Morgan fingerprint density at radius 2 is 2.42 bits per heavy atom. The highest BCUT2D eigenvalue weighted by atomic mass is 16.6. The van der Waals surface area contributed by atoms with Gasteiger partial charge in [-0.3, -0.25) is 0 Å². The number of hydrogen-bond acceptors (Lipinski definition) is 2. The molecule has 3 nitrogen and oxygen atoms in total. The van der Waals surface area contributed by atoms with Crippen LogP contribution in [0.2, 0.25) is 0 Å². The smallest absolute Gasteiger partial charge is 0.196 e. The summed E-state index contributed by atoms with van der Waals surface area (Å²) in [6.45, 7) is 0.831. The first-order chi connectivity index (χ1) is 5.83. The van der Waals surface area contributed by atoms with Crippen molar-refractivity contribution in [1.82, 2.24) is 4.57 Å². The fraction of sp³-hybridized carbons (Fsp3) is 0.333. The summed E-state index contributed by atoms with van der Waals surface area (Å²) in [6.07, 6.45) is 3.28. The van der Waals surface area contributed by atoms with Gasteiger partial charge in [0.25, 0.3) is 0 Å². The van der Waals surface area contributed by atoms with Gasteiger partial charge < -0.3 is 14.4 Å². The molecule has 0 spiro atoms. The average molecular weight is 165 g/mol. The van der Waals surface area contributed by atoms with Crippen molar-refractivity contribution in [3.8, 4) is 0 Å². The van der Waals surface area contributed by atoms with Crippen LogP contribution in [0.3, 0.4) is 0 Å². The number of nitrogens with zero attached hydrogens (tertiary/aromatic N) is 1. The highest BCUT2D eigenvalue weighted by Gasteiger charge is 2.15. The molecule has 1 aromatic heterocycles. The quantitative estimate of drug-likeness (QED) is 0.667. The van der Waals surface area contributed by atoms with Gasteiger partial charge in [-0.1, -0.05) is 6.08 Å². The minimum Gasteiger partial charge on any atom is -0.363 e. The van der Waals surface area contributed by atoms with Gasteiger partial charge in [0, 0.05) is 19.3 Å². The molecule has 2 heterocycles. The second-order valence-electron chi connectivity index (χ2n) is 2.78. The fourth-order valence-electron chi connectivity index (χ4n) is 1.47. The lowest BCUT2D eigenvalue weighted by Crippen LogP contribution is -2.07. The zero-order valence-electron chi connectivity index (χ0n) is 6.90. The van der Waals surface area contributed by atoms with E-state index >= 15 is 0 Å². The molecule has 0 aliphatic carbocycles. The molecule has 2 rings (SSSR count). The number of methoxy groups -OCH3 is 1. The minimum atomic E-state index is -0.807. The highest BCUT2D eigenvalue weighted by Crippen LogP contribution is 2.22. The van der Waals surface area contributed by atoms with Crippen LogP contribution >= 0.6 is 0 Å². The van der Waals surface area contributed by atoms with Gasteiger partial charge >= 0.3 is 0 Å². The molecular formula is C9H11NO2. The monoisotopic (exact) mass is 165 g/mol. The molecule has 0 bridgehead atoms. The lowest BCUT2D eigenvalue weighted by molar-refractivity contribution is -0.0817. The third kappa shape index (κ3) is 0.983. The fourth-order valence-corrected chi connectivity index (χ4v) is 1.47. The molecular weight excluding hydrogens is 154 g/mol. The summed E-state index contributed by atoms with van der Waals surface area (Å²) in [5.41, 5.74) is 1.94. The number of aliphatic hydroxyl groups excluding tert-OH is 1. The van der Waals surface area contributed by atoms with E-state index in [4.69, 9.17) is 4.74 Å². The third-order valence-electron chi connectivity index (χ3n) is 2.10. The van der Waals surface area contributed by atoms with E-state index in [1.807, 2.05) is 22.8 Å². The van der Waals surface area contributed by atoms with Crippen LogP contribution < -0.4 is 0 Å². The molecule has 1 aliphatic heterocycles. The van der Waals surface area contributed by atoms with Gasteiger partial charge in [-0.25, -0.2) is 0 Å². The van der Waals surface area contributed by atoms with E-state index in [1.165, 1.54) is 7.11 Å². The molecule has 0 amide bonds. The maximum Gasteiger partial charge on any atom is 0.196 e. The standard InChI is InChI=1S/C9H11NO2/c1-12-9(11)8-5-4-7-3-2-6-10(7)8/h2-5,9,11H,6H2,1H3. The molecule has 0 saturated carbocycles. The van der Waals surface area contributed by atoms with E-state index in [2.05, 4.69) is 6.08 Å². The molecule has 1 aliphatic rings. The van der Waals surface area contributed by atoms with Gasteiger partial charge in [0.2, 0.25) is 0 Å². The molecule has 12 heavy (non-hydrogen) atoms. The Balaban J connectivity index is 2.36. The Kier molecular flexibility index (Phi) is 1.75. The summed E-state index contributed by atoms with van der Waals surface area (Å²) in [7, 11) is 1.49. The van der Waals surface area contributed by atoms with Gasteiger partial charge in [0.1, 0.15) is 0 Å². The summed E-state index contributed by atoms with van der Waals surface area (Å²) >= 11 is 0. The maximum atomic E-state index is 9.41. The van der Waals surface area contributed by atoms with Crippen molar-refractivity contribution in [2.45, 2.75) is 12.8 Å². The molecule has 0 saturated heterocycles. The largest absolute Gasteiger partial charge is 0.363 e. The predicted octanol–water partition coefficient (Wildman–Crippen LogP) is 1.15. The molecule has 3 heteroatoms. The normalized spacial score (nSPS) is 16.5. The van der Waals surface area contributed by atoms with Crippen LogP contribution in [0.1, 0.15) is 17.7 Å². The first-order valence-electron chi connectivity index (χ1n) is 3.90. The summed E-state index contributed by atoms with van der Waals surface area (Å²) < 4.78 is 6.85. The number of rotatable bonds is 2. The van der Waals surface area contributed by atoms with Gasteiger partial charge in [-0.05, 0) is 18.2 Å². The zero-order chi connectivity index (χ0) is 8.55. The zero-order valence-corrected chi connectivity index (χ0v) is 6.90. The lowest BCUT2D eigenvalue weighted by atomic mass is 10.4. The van der Waals surface area contributed by atoms with Crippen LogP contribution in [0.15, 0.2) is 18.2 Å². The van der Waals surface area contributed by atoms with Crippen LogP contribution in [-0.2, 0) is 11.3 Å². The van der Waals surface area contributed by atoms with E-state index in [9.17, 15) is 5.11 Å². The molecule has 1 N–H and O–H groups in total. The molecule has 1 unspecified atom stereocenters. The Morgan fingerprint density at radius 3 is 3.17 bits per heavy atom. The summed E-state index contributed by atoms with van der Waals surface area (Å²) in [5, 5.41) is 9.41. The molecule has 0 aromatic carbocycles. The molecule has 1 aromatic rings. The third-order valence-corrected chi connectivity index (χ3v) is 2.10. The van der Waals surface area contributed by atoms with Gasteiger partial charge in [0.15, 0.2) is 6.29 Å². The van der Waals surface area contributed by atoms with E-state index in [-0.39, 0.29) is 0 Å². The minimum absolute atomic E-state index is 0.807. The van der Waals surface area contributed by atoms with Crippen LogP contribution in [0, 0.1) is 0 Å². The van der Waals surface area contributed by atoms with Gasteiger partial charge in [-0.15, -0.1) is 0 Å². The van der Waals surface area contributed by atoms with E-state index in [0.717, 1.165) is 17.9 Å². The van der Waals surface area contributed by atoms with Crippen molar-refractivity contribution in [1.29, 1.82) is 0 Å². The number of aromatic nitrogens is 1. The topological polar surface area (TPSA) is 34.4 Å². The van der Waals surface area contributed by atoms with Crippen molar-refractivity contribution in [3.63, 3.8) is 0 Å². The summed E-state index contributed by atoms with van der Waals surface area (Å²) in [6, 6.07) is 3.86. The Morgan fingerprint density at radius 1 is 1.58 bits per heavy atom. The van der Waals surface area contributed by atoms with Crippen LogP contribution in [0.4, 0.5) is 0 Å². The Hall–Kier alpha value is -1.06. The van der Waals surface area contributed by atoms with Gasteiger partial charge in [-0.2, -0.15) is 0 Å². The first-order valence-corrected chi connectivity index (χ1v) is 3.90. The molecule has 0 fully saturated rings. The summed E-state index contributed by atoms with van der Waals surface area (Å²) in [5.74, 6) is 0. The second-order valence-corrected chi connectivity index (χ2v) is 2.78. The predicted molar refractivity (Wildman–Crippen MR) is 45.4 cm³/mol. The maximum absolute atomic E-state index is 9.41. The van der Waals surface area contributed by atoms with Crippen molar-refractivity contribution < 1.29 is 9.84 Å². The van der Waals surface area contributed by atoms with E-state index < -0.39 is 6.29 Å². The number of ether oxygens (including phenoxy) is 1. The number of fused-ring (bicyclic) bond motifs is 1. The van der Waals surface area contributed by atoms with Crippen LogP contribution in [0.25, 0.3) is 6.08 Å². The van der Waals surface area contributed by atoms with Crippen molar-refractivity contribution in [2.24, 2.45) is 0 Å². The average Bonchev–Trinajstić information content (AvgIpc) is 2.62. The second kappa shape index (κ2) is 2.77. The Bertz CT molecular complexity index is 314. The van der Waals surface area contributed by atoms with Gasteiger partial charge in [0.05, 0.1) is 5.69 Å². The number of allylic oxidation sites excluding steroid dienone is 1. The van der Waals surface area contributed by atoms with Crippen molar-refractivity contribution >= 4 is 6.08 Å². The van der Waals surface area contributed by atoms with E-state index in [1.54, 1.807) is 0 Å². The SMILES string of the molecule is COC(O)c1ccc2n1CC=C2. The number of aliphatic hydroxyl groups is 1. The van der Waals surface area contributed by atoms with Crippen molar-refractivity contribution in [3.05, 3.63) is 29.6 Å². The van der Waals surface area contributed by atoms with Crippen molar-refractivity contribution in [2.75, 3.05) is 7.11 Å². The van der Waals surface area contributed by atoms with E-state index in [0.29, 0.717) is 0 Å². The highest BCUT2D eigenvalue weighted by molar-refractivity contribution is 5.50. The molecule has 1 atom stereocenters. The Labute approximate surface area is 70.9 Å². The molecule has 0 radical (unpaired) electrons.